The van der Waals surface area contributed by atoms with Crippen molar-refractivity contribution in [1.29, 1.82) is 0 Å². The first-order valence-electron chi connectivity index (χ1n) is 11.1. The Morgan fingerprint density at radius 2 is 1.71 bits per heavy atom. The van der Waals surface area contributed by atoms with E-state index in [1.165, 1.54) is 24.0 Å². The number of hydrogen-bond donors (Lipinski definition) is 0. The highest BCUT2D eigenvalue weighted by Gasteiger charge is 2.49. The second-order valence-corrected chi connectivity index (χ2v) is 10.3. The van der Waals surface area contributed by atoms with E-state index in [1.54, 1.807) is 19.1 Å². The molecule has 1 atom stereocenters. The number of anilines is 1. The van der Waals surface area contributed by atoms with Crippen LogP contribution in [0, 0.1) is 5.92 Å². The number of ether oxygens (including phenoxy) is 1. The average molecular weight is 517 g/mol. The van der Waals surface area contributed by atoms with Crippen LogP contribution in [0.5, 0.6) is 5.88 Å². The summed E-state index contributed by atoms with van der Waals surface area (Å²) in [4.78, 5) is 33.8. The highest BCUT2D eigenvalue weighted by molar-refractivity contribution is 7.93. The lowest BCUT2D eigenvalue weighted by Gasteiger charge is -2.36. The van der Waals surface area contributed by atoms with Gasteiger partial charge in [0, 0.05) is 32.9 Å². The van der Waals surface area contributed by atoms with Crippen molar-refractivity contribution in [2.24, 2.45) is 5.92 Å². The van der Waals surface area contributed by atoms with Crippen LogP contribution in [0.15, 0.2) is 24.3 Å². The van der Waals surface area contributed by atoms with Gasteiger partial charge in [0.1, 0.15) is 0 Å². The number of amides is 2. The fourth-order valence-electron chi connectivity index (χ4n) is 4.08. The van der Waals surface area contributed by atoms with Gasteiger partial charge in [-0.1, -0.05) is 19.1 Å². The number of nitrogens with zero attached hydrogens (tertiary/aromatic N) is 4. The standard InChI is InChI=1S/C22H27F3N4O5S/c1-4-13-35(32,33)29(15(3)31)20-21(27-18-8-6-5-7-17(18)26-20)34-19(22(23,24)25)16-9-11-28(12-10-16)14(2)30/h5-8,16,19H,4,9-13H2,1-3H3. The molecule has 13 heteroatoms. The molecule has 0 spiro atoms. The Morgan fingerprint density at radius 3 is 2.20 bits per heavy atom. The molecule has 1 aromatic carbocycles. The van der Waals surface area contributed by atoms with Gasteiger partial charge >= 0.3 is 6.18 Å². The van der Waals surface area contributed by atoms with Crippen molar-refractivity contribution in [3.63, 3.8) is 0 Å². The maximum absolute atomic E-state index is 14.2. The number of carbonyl (C=O) groups is 2. The second kappa shape index (κ2) is 10.3. The van der Waals surface area contributed by atoms with Crippen molar-refractivity contribution >= 4 is 38.7 Å². The molecule has 1 aromatic heterocycles. The Labute approximate surface area is 201 Å². The molecule has 1 saturated heterocycles. The number of rotatable bonds is 7. The van der Waals surface area contributed by atoms with E-state index in [0.717, 1.165) is 6.92 Å². The molecular formula is C22H27F3N4O5S. The van der Waals surface area contributed by atoms with Crippen LogP contribution >= 0.6 is 0 Å². The number of piperidine rings is 1. The van der Waals surface area contributed by atoms with Gasteiger partial charge in [-0.05, 0) is 31.4 Å². The minimum Gasteiger partial charge on any atom is -0.462 e. The number of fused-ring (bicyclic) bond motifs is 1. The van der Waals surface area contributed by atoms with E-state index in [0.29, 0.717) is 4.31 Å². The van der Waals surface area contributed by atoms with Crippen LogP contribution in [-0.4, -0.2) is 66.2 Å². The van der Waals surface area contributed by atoms with Crippen LogP contribution < -0.4 is 9.04 Å². The zero-order chi connectivity index (χ0) is 26.0. The molecule has 1 unspecified atom stereocenters. The molecular weight excluding hydrogens is 489 g/mol. The van der Waals surface area contributed by atoms with Gasteiger partial charge in [-0.15, -0.1) is 0 Å². The first-order valence-corrected chi connectivity index (χ1v) is 12.7. The number of likely N-dealkylation sites (tertiary alicyclic amines) is 1. The first-order chi connectivity index (χ1) is 16.3. The molecule has 192 valence electrons. The van der Waals surface area contributed by atoms with Crippen LogP contribution in [-0.2, 0) is 19.6 Å². The molecule has 0 saturated carbocycles. The SMILES string of the molecule is CCCS(=O)(=O)N(C(C)=O)c1nc2ccccc2nc1OC(C1CCN(C(C)=O)CC1)C(F)(F)F. The molecule has 2 heterocycles. The van der Waals surface area contributed by atoms with Gasteiger partial charge in [0.2, 0.25) is 27.7 Å². The Hall–Kier alpha value is -2.96. The number of hydrogen-bond acceptors (Lipinski definition) is 7. The van der Waals surface area contributed by atoms with Crippen LogP contribution in [0.2, 0.25) is 0 Å². The lowest BCUT2D eigenvalue weighted by molar-refractivity contribution is -0.214. The Bertz CT molecular complexity index is 1200. The van der Waals surface area contributed by atoms with E-state index in [9.17, 15) is 31.2 Å². The summed E-state index contributed by atoms with van der Waals surface area (Å²) >= 11 is 0. The van der Waals surface area contributed by atoms with E-state index in [4.69, 9.17) is 4.74 Å². The van der Waals surface area contributed by atoms with Gasteiger partial charge < -0.3 is 9.64 Å². The van der Waals surface area contributed by atoms with Crippen molar-refractivity contribution in [1.82, 2.24) is 14.9 Å². The molecule has 3 rings (SSSR count). The molecule has 0 radical (unpaired) electrons. The topological polar surface area (TPSA) is 110 Å². The minimum atomic E-state index is -4.82. The number of alkyl halides is 3. The minimum absolute atomic E-state index is 0.0324. The zero-order valence-corrected chi connectivity index (χ0v) is 20.4. The number of para-hydroxylation sites is 2. The summed E-state index contributed by atoms with van der Waals surface area (Å²) < 4.78 is 74.0. The third-order valence-electron chi connectivity index (χ3n) is 5.71. The summed E-state index contributed by atoms with van der Waals surface area (Å²) in [5.74, 6) is -3.92. The van der Waals surface area contributed by atoms with E-state index in [2.05, 4.69) is 9.97 Å². The number of aromatic nitrogens is 2. The van der Waals surface area contributed by atoms with E-state index < -0.39 is 51.6 Å². The predicted molar refractivity (Wildman–Crippen MR) is 122 cm³/mol. The lowest BCUT2D eigenvalue weighted by atomic mass is 9.90. The van der Waals surface area contributed by atoms with Crippen LogP contribution in [0.3, 0.4) is 0 Å². The molecule has 9 nitrogen and oxygen atoms in total. The number of halogens is 3. The fraction of sp³-hybridized carbons (Fsp3) is 0.545. The molecule has 1 aliphatic rings. The van der Waals surface area contributed by atoms with E-state index in [1.807, 2.05) is 0 Å². The maximum atomic E-state index is 14.2. The highest BCUT2D eigenvalue weighted by atomic mass is 32.2. The smallest absolute Gasteiger partial charge is 0.425 e. The molecule has 1 aliphatic heterocycles. The van der Waals surface area contributed by atoms with Crippen molar-refractivity contribution in [3.8, 4) is 5.88 Å². The van der Waals surface area contributed by atoms with Crippen molar-refractivity contribution in [3.05, 3.63) is 24.3 Å². The van der Waals surface area contributed by atoms with Crippen molar-refractivity contribution in [2.45, 2.75) is 52.3 Å². The van der Waals surface area contributed by atoms with Gasteiger partial charge in [-0.3, -0.25) is 9.59 Å². The number of carbonyl (C=O) groups excluding carboxylic acids is 2. The summed E-state index contributed by atoms with van der Waals surface area (Å²) in [6.07, 6.45) is -6.93. The molecule has 2 amide bonds. The van der Waals surface area contributed by atoms with E-state index in [-0.39, 0.29) is 49.3 Å². The number of benzene rings is 1. The van der Waals surface area contributed by atoms with E-state index >= 15 is 0 Å². The summed E-state index contributed by atoms with van der Waals surface area (Å²) in [5.41, 5.74) is 0.362. The van der Waals surface area contributed by atoms with Gasteiger partial charge in [-0.25, -0.2) is 18.4 Å². The highest BCUT2D eigenvalue weighted by Crippen LogP contribution is 2.38. The second-order valence-electron chi connectivity index (χ2n) is 8.36. The lowest BCUT2D eigenvalue weighted by Crippen LogP contribution is -2.47. The predicted octanol–water partition coefficient (Wildman–Crippen LogP) is 3.29. The largest absolute Gasteiger partial charge is 0.462 e. The summed E-state index contributed by atoms with van der Waals surface area (Å²) in [5, 5.41) is 0. The first kappa shape index (κ1) is 26.6. The summed E-state index contributed by atoms with van der Waals surface area (Å²) in [7, 11) is -4.25. The Balaban J connectivity index is 2.10. The monoisotopic (exact) mass is 516 g/mol. The molecule has 0 N–H and O–H groups in total. The average Bonchev–Trinajstić information content (AvgIpc) is 2.76. The normalized spacial score (nSPS) is 16.2. The molecule has 35 heavy (non-hydrogen) atoms. The Kier molecular flexibility index (Phi) is 7.87. The zero-order valence-electron chi connectivity index (χ0n) is 19.6. The third kappa shape index (κ3) is 6.00. The summed E-state index contributed by atoms with van der Waals surface area (Å²) in [6.45, 7) is 4.19. The molecule has 2 aromatic rings. The van der Waals surface area contributed by atoms with Crippen LogP contribution in [0.4, 0.5) is 19.0 Å². The van der Waals surface area contributed by atoms with Gasteiger partial charge in [-0.2, -0.15) is 17.5 Å². The molecule has 0 bridgehead atoms. The van der Waals surface area contributed by atoms with Gasteiger partial charge in [0.05, 0.1) is 16.8 Å². The van der Waals surface area contributed by atoms with Crippen LogP contribution in [0.25, 0.3) is 11.0 Å². The quantitative estimate of drug-likeness (QED) is 0.555. The van der Waals surface area contributed by atoms with Gasteiger partial charge in [0.25, 0.3) is 5.88 Å². The van der Waals surface area contributed by atoms with Gasteiger partial charge in [0.15, 0.2) is 6.10 Å². The van der Waals surface area contributed by atoms with Crippen molar-refractivity contribution < 1.29 is 35.9 Å². The van der Waals surface area contributed by atoms with Crippen molar-refractivity contribution in [2.75, 3.05) is 23.1 Å². The van der Waals surface area contributed by atoms with Crippen LogP contribution in [0.1, 0.15) is 40.0 Å². The third-order valence-corrected chi connectivity index (χ3v) is 7.62. The molecule has 1 fully saturated rings. The number of sulfonamides is 1. The maximum Gasteiger partial charge on any atom is 0.425 e. The molecule has 0 aliphatic carbocycles. The fourth-order valence-corrected chi connectivity index (χ4v) is 5.55. The Morgan fingerprint density at radius 1 is 1.14 bits per heavy atom. The summed E-state index contributed by atoms with van der Waals surface area (Å²) in [6, 6.07) is 6.18.